The number of hydrogen-bond donors (Lipinski definition) is 1. The van der Waals surface area contributed by atoms with Crippen LogP contribution in [0, 0.1) is 0 Å². The smallest absolute Gasteiger partial charge is 0.156 e. The summed E-state index contributed by atoms with van der Waals surface area (Å²) in [6.07, 6.45) is 2.81. The van der Waals surface area contributed by atoms with Crippen LogP contribution in [0.2, 0.25) is 0 Å². The Bertz CT molecular complexity index is 503. The van der Waals surface area contributed by atoms with E-state index < -0.39 is 0 Å². The van der Waals surface area contributed by atoms with Gasteiger partial charge in [0.15, 0.2) is 5.82 Å². The molecule has 5 heteroatoms. The zero-order valence-corrected chi connectivity index (χ0v) is 10.2. The van der Waals surface area contributed by atoms with Crippen molar-refractivity contribution in [3.05, 3.63) is 29.6 Å². The lowest BCUT2D eigenvalue weighted by Crippen LogP contribution is -2.04. The Kier molecular flexibility index (Phi) is 3.37. The molecule has 2 aromatic rings. The van der Waals surface area contributed by atoms with Gasteiger partial charge in [-0.2, -0.15) is 4.68 Å². The maximum atomic E-state index is 5.98. The van der Waals surface area contributed by atoms with Crippen LogP contribution in [0.3, 0.4) is 0 Å². The van der Waals surface area contributed by atoms with Gasteiger partial charge < -0.3 is 5.73 Å². The Balaban J connectivity index is 2.39. The van der Waals surface area contributed by atoms with E-state index >= 15 is 0 Å². The average Bonchev–Trinajstić information content (AvgIpc) is 2.78. The molecule has 0 aliphatic heterocycles. The van der Waals surface area contributed by atoms with Crippen LogP contribution in [0.1, 0.15) is 31.7 Å². The Morgan fingerprint density at radius 3 is 2.76 bits per heavy atom. The van der Waals surface area contributed by atoms with Gasteiger partial charge in [0.1, 0.15) is 0 Å². The molecule has 0 amide bonds. The van der Waals surface area contributed by atoms with Crippen molar-refractivity contribution in [3.8, 4) is 5.69 Å². The summed E-state index contributed by atoms with van der Waals surface area (Å²) in [5, 5.41) is 11.7. The molecule has 90 valence electrons. The second-order valence-corrected chi connectivity index (χ2v) is 3.99. The van der Waals surface area contributed by atoms with Crippen LogP contribution in [-0.2, 0) is 12.8 Å². The van der Waals surface area contributed by atoms with E-state index in [1.165, 1.54) is 0 Å². The minimum absolute atomic E-state index is 0.794. The molecule has 17 heavy (non-hydrogen) atoms. The first kappa shape index (κ1) is 11.6. The number of nitrogens with zero attached hydrogens (tertiary/aromatic N) is 4. The third kappa shape index (κ3) is 2.27. The monoisotopic (exact) mass is 231 g/mol. The van der Waals surface area contributed by atoms with Gasteiger partial charge in [-0.15, -0.1) is 5.10 Å². The predicted octanol–water partition coefficient (Wildman–Crippen LogP) is 1.76. The second kappa shape index (κ2) is 4.95. The Morgan fingerprint density at radius 2 is 2.12 bits per heavy atom. The van der Waals surface area contributed by atoms with Gasteiger partial charge in [-0.1, -0.05) is 19.9 Å². The van der Waals surface area contributed by atoms with E-state index in [-0.39, 0.29) is 0 Å². The molecule has 0 atom stereocenters. The molecule has 2 N–H and O–H groups in total. The molecule has 0 unspecified atom stereocenters. The van der Waals surface area contributed by atoms with Crippen molar-refractivity contribution in [2.75, 3.05) is 5.73 Å². The molecule has 5 nitrogen and oxygen atoms in total. The van der Waals surface area contributed by atoms with Crippen molar-refractivity contribution in [2.45, 2.75) is 33.1 Å². The standard InChI is InChI=1S/C12H17N5/c1-3-5-12-14-15-16-17(12)10-7-6-9(4-2)11(13)8-10/h6-8H,3-5,13H2,1-2H3. The first-order valence-electron chi connectivity index (χ1n) is 5.92. The maximum absolute atomic E-state index is 5.98. The van der Waals surface area contributed by atoms with Crippen molar-refractivity contribution < 1.29 is 0 Å². The van der Waals surface area contributed by atoms with Crippen LogP contribution in [-0.4, -0.2) is 20.2 Å². The molecular formula is C12H17N5. The number of benzene rings is 1. The van der Waals surface area contributed by atoms with Gasteiger partial charge in [-0.25, -0.2) is 0 Å². The van der Waals surface area contributed by atoms with Gasteiger partial charge in [-0.3, -0.25) is 0 Å². The first-order valence-corrected chi connectivity index (χ1v) is 5.92. The van der Waals surface area contributed by atoms with E-state index in [4.69, 9.17) is 5.73 Å². The van der Waals surface area contributed by atoms with E-state index in [2.05, 4.69) is 29.4 Å². The SMILES string of the molecule is CCCc1nnnn1-c1ccc(CC)c(N)c1. The number of tetrazole rings is 1. The summed E-state index contributed by atoms with van der Waals surface area (Å²) in [5.74, 6) is 0.871. The molecule has 0 spiro atoms. The molecule has 0 radical (unpaired) electrons. The van der Waals surface area contributed by atoms with Gasteiger partial charge >= 0.3 is 0 Å². The molecule has 0 bridgehead atoms. The largest absolute Gasteiger partial charge is 0.398 e. The Hall–Kier alpha value is -1.91. The lowest BCUT2D eigenvalue weighted by atomic mass is 10.1. The minimum atomic E-state index is 0.794. The third-order valence-electron chi connectivity index (χ3n) is 2.76. The number of anilines is 1. The molecule has 0 fully saturated rings. The number of rotatable bonds is 4. The second-order valence-electron chi connectivity index (χ2n) is 3.99. The lowest BCUT2D eigenvalue weighted by Gasteiger charge is -2.07. The van der Waals surface area contributed by atoms with Gasteiger partial charge in [-0.05, 0) is 41.0 Å². The number of nitrogen functional groups attached to an aromatic ring is 1. The van der Waals surface area contributed by atoms with Crippen LogP contribution in [0.15, 0.2) is 18.2 Å². The fraction of sp³-hybridized carbons (Fsp3) is 0.417. The number of aromatic nitrogens is 4. The van der Waals surface area contributed by atoms with Gasteiger partial charge in [0, 0.05) is 12.1 Å². The van der Waals surface area contributed by atoms with Crippen molar-refractivity contribution in [1.29, 1.82) is 0 Å². The number of hydrogen-bond acceptors (Lipinski definition) is 4. The average molecular weight is 231 g/mol. The third-order valence-corrected chi connectivity index (χ3v) is 2.76. The zero-order valence-electron chi connectivity index (χ0n) is 10.2. The van der Waals surface area contributed by atoms with E-state index in [9.17, 15) is 0 Å². The maximum Gasteiger partial charge on any atom is 0.156 e. The molecule has 1 heterocycles. The number of aryl methyl sites for hydroxylation is 2. The molecule has 0 aliphatic carbocycles. The summed E-state index contributed by atoms with van der Waals surface area (Å²) in [6, 6.07) is 5.96. The lowest BCUT2D eigenvalue weighted by molar-refractivity contribution is 0.745. The van der Waals surface area contributed by atoms with Crippen LogP contribution in [0.5, 0.6) is 0 Å². The molecule has 2 rings (SSSR count). The summed E-state index contributed by atoms with van der Waals surface area (Å²) in [6.45, 7) is 4.19. The quantitative estimate of drug-likeness (QED) is 0.814. The van der Waals surface area contributed by atoms with Crippen molar-refractivity contribution in [1.82, 2.24) is 20.2 Å². The van der Waals surface area contributed by atoms with Crippen LogP contribution in [0.4, 0.5) is 5.69 Å². The van der Waals surface area contributed by atoms with E-state index in [1.54, 1.807) is 4.68 Å². The summed E-state index contributed by atoms with van der Waals surface area (Å²) in [4.78, 5) is 0. The highest BCUT2D eigenvalue weighted by Gasteiger charge is 2.08. The molecule has 0 aliphatic rings. The van der Waals surface area contributed by atoms with E-state index in [0.29, 0.717) is 0 Å². The molecule has 0 saturated carbocycles. The fourth-order valence-electron chi connectivity index (χ4n) is 1.82. The fourth-order valence-corrected chi connectivity index (χ4v) is 1.82. The minimum Gasteiger partial charge on any atom is -0.398 e. The van der Waals surface area contributed by atoms with Gasteiger partial charge in [0.05, 0.1) is 5.69 Å². The zero-order chi connectivity index (χ0) is 12.3. The highest BCUT2D eigenvalue weighted by molar-refractivity contribution is 5.53. The van der Waals surface area contributed by atoms with Crippen LogP contribution < -0.4 is 5.73 Å². The normalized spacial score (nSPS) is 10.7. The van der Waals surface area contributed by atoms with Gasteiger partial charge in [0.25, 0.3) is 0 Å². The van der Waals surface area contributed by atoms with Crippen molar-refractivity contribution in [2.24, 2.45) is 0 Å². The summed E-state index contributed by atoms with van der Waals surface area (Å²) in [5.41, 5.74) is 8.85. The Morgan fingerprint density at radius 1 is 1.29 bits per heavy atom. The summed E-state index contributed by atoms with van der Waals surface area (Å²) < 4.78 is 1.75. The van der Waals surface area contributed by atoms with Crippen LogP contribution in [0.25, 0.3) is 5.69 Å². The summed E-state index contributed by atoms with van der Waals surface area (Å²) in [7, 11) is 0. The molecule has 1 aromatic heterocycles. The van der Waals surface area contributed by atoms with E-state index in [0.717, 1.165) is 42.0 Å². The molecule has 0 saturated heterocycles. The van der Waals surface area contributed by atoms with Crippen molar-refractivity contribution in [3.63, 3.8) is 0 Å². The Labute approximate surface area is 101 Å². The summed E-state index contributed by atoms with van der Waals surface area (Å²) >= 11 is 0. The topological polar surface area (TPSA) is 69.6 Å². The highest BCUT2D eigenvalue weighted by atomic mass is 15.5. The predicted molar refractivity (Wildman–Crippen MR) is 66.9 cm³/mol. The molecule has 1 aromatic carbocycles. The van der Waals surface area contributed by atoms with Crippen LogP contribution >= 0.6 is 0 Å². The van der Waals surface area contributed by atoms with Gasteiger partial charge in [0.2, 0.25) is 0 Å². The first-order chi connectivity index (χ1) is 8.26. The number of nitrogens with two attached hydrogens (primary N) is 1. The van der Waals surface area contributed by atoms with Crippen molar-refractivity contribution >= 4 is 5.69 Å². The highest BCUT2D eigenvalue weighted by Crippen LogP contribution is 2.18. The van der Waals surface area contributed by atoms with E-state index in [1.807, 2.05) is 18.2 Å². The molecular weight excluding hydrogens is 214 g/mol.